The summed E-state index contributed by atoms with van der Waals surface area (Å²) < 4.78 is 0. The minimum absolute atomic E-state index is 0.173. The van der Waals surface area contributed by atoms with Crippen LogP contribution in [0.3, 0.4) is 0 Å². The third-order valence-corrected chi connectivity index (χ3v) is 4.61. The minimum Gasteiger partial charge on any atom is -0.345 e. The molecular weight excluding hydrogens is 222 g/mol. The molecule has 1 unspecified atom stereocenters. The first-order valence-electron chi connectivity index (χ1n) is 7.69. The van der Waals surface area contributed by atoms with Gasteiger partial charge in [0.25, 0.3) is 0 Å². The highest BCUT2D eigenvalue weighted by atomic mass is 15.0. The molecule has 3 rings (SSSR count). The summed E-state index contributed by atoms with van der Waals surface area (Å²) in [6.45, 7) is 0. The second kappa shape index (κ2) is 5.43. The van der Waals surface area contributed by atoms with Crippen LogP contribution in [0.25, 0.3) is 0 Å². The molecule has 2 aliphatic rings. The van der Waals surface area contributed by atoms with Gasteiger partial charge in [-0.15, -0.1) is 0 Å². The van der Waals surface area contributed by atoms with E-state index in [-0.39, 0.29) is 6.04 Å². The molecule has 18 heavy (non-hydrogen) atoms. The van der Waals surface area contributed by atoms with Crippen molar-refractivity contribution in [3.05, 3.63) is 17.2 Å². The van der Waals surface area contributed by atoms with Crippen molar-refractivity contribution in [2.24, 2.45) is 5.73 Å². The Hall–Kier alpha value is -0.830. The monoisotopic (exact) mass is 247 g/mol. The minimum atomic E-state index is 0.173. The summed E-state index contributed by atoms with van der Waals surface area (Å²) in [7, 11) is 0. The molecule has 0 amide bonds. The van der Waals surface area contributed by atoms with Gasteiger partial charge in [0.05, 0.1) is 5.69 Å². The molecule has 1 fully saturated rings. The predicted molar refractivity (Wildman–Crippen MR) is 73.5 cm³/mol. The highest BCUT2D eigenvalue weighted by molar-refractivity contribution is 5.22. The number of nitrogens with two attached hydrogens (primary N) is 1. The Labute approximate surface area is 110 Å². The summed E-state index contributed by atoms with van der Waals surface area (Å²) in [5, 5.41) is 0. The maximum absolute atomic E-state index is 6.16. The van der Waals surface area contributed by atoms with Gasteiger partial charge in [0.2, 0.25) is 0 Å². The van der Waals surface area contributed by atoms with Gasteiger partial charge in [0, 0.05) is 17.7 Å². The molecule has 1 atom stereocenters. The second-order valence-electron chi connectivity index (χ2n) is 6.03. The molecule has 3 heteroatoms. The van der Waals surface area contributed by atoms with E-state index in [2.05, 4.69) is 4.98 Å². The summed E-state index contributed by atoms with van der Waals surface area (Å²) in [5.41, 5.74) is 8.65. The van der Waals surface area contributed by atoms with Crippen molar-refractivity contribution in [1.29, 1.82) is 0 Å². The number of aromatic nitrogens is 2. The van der Waals surface area contributed by atoms with E-state index < -0.39 is 0 Å². The van der Waals surface area contributed by atoms with Crippen molar-refractivity contribution >= 4 is 0 Å². The SMILES string of the molecule is NC1CCCc2[nH]c(C3CCCCCCC3)nc21. The van der Waals surface area contributed by atoms with Crippen molar-refractivity contribution in [3.8, 4) is 0 Å². The number of nitrogens with one attached hydrogen (secondary N) is 1. The quantitative estimate of drug-likeness (QED) is 0.797. The fraction of sp³-hybridized carbons (Fsp3) is 0.800. The smallest absolute Gasteiger partial charge is 0.109 e. The summed E-state index contributed by atoms with van der Waals surface area (Å²) >= 11 is 0. The Morgan fingerprint density at radius 2 is 1.67 bits per heavy atom. The number of nitrogens with zero attached hydrogens (tertiary/aromatic N) is 1. The van der Waals surface area contributed by atoms with E-state index in [0.29, 0.717) is 5.92 Å². The maximum Gasteiger partial charge on any atom is 0.109 e. The number of aryl methyl sites for hydroxylation is 1. The first-order valence-corrected chi connectivity index (χ1v) is 7.69. The lowest BCUT2D eigenvalue weighted by atomic mass is 9.91. The van der Waals surface area contributed by atoms with Gasteiger partial charge in [-0.2, -0.15) is 0 Å². The van der Waals surface area contributed by atoms with Gasteiger partial charge < -0.3 is 10.7 Å². The lowest BCUT2D eigenvalue weighted by Crippen LogP contribution is -2.17. The summed E-state index contributed by atoms with van der Waals surface area (Å²) in [6, 6.07) is 0.173. The number of hydrogen-bond donors (Lipinski definition) is 2. The zero-order valence-electron chi connectivity index (χ0n) is 11.3. The molecule has 1 aromatic rings. The van der Waals surface area contributed by atoms with Crippen LogP contribution in [-0.2, 0) is 6.42 Å². The largest absolute Gasteiger partial charge is 0.345 e. The van der Waals surface area contributed by atoms with Gasteiger partial charge in [-0.25, -0.2) is 4.98 Å². The van der Waals surface area contributed by atoms with Crippen LogP contribution in [0.15, 0.2) is 0 Å². The second-order valence-corrected chi connectivity index (χ2v) is 6.03. The van der Waals surface area contributed by atoms with E-state index in [9.17, 15) is 0 Å². The lowest BCUT2D eigenvalue weighted by molar-refractivity contribution is 0.443. The molecule has 0 aromatic carbocycles. The standard InChI is InChI=1S/C15H25N3/c16-12-9-6-10-13-14(12)18-15(17-13)11-7-4-2-1-3-5-8-11/h11-12H,1-10,16H2,(H,17,18). The maximum atomic E-state index is 6.16. The van der Waals surface area contributed by atoms with Gasteiger partial charge in [-0.3, -0.25) is 0 Å². The van der Waals surface area contributed by atoms with Crippen LogP contribution in [0.2, 0.25) is 0 Å². The van der Waals surface area contributed by atoms with E-state index >= 15 is 0 Å². The molecule has 0 radical (unpaired) electrons. The molecular formula is C15H25N3. The fourth-order valence-corrected chi connectivity index (χ4v) is 3.50. The average molecular weight is 247 g/mol. The van der Waals surface area contributed by atoms with E-state index in [4.69, 9.17) is 10.7 Å². The van der Waals surface area contributed by atoms with Crippen molar-refractivity contribution in [1.82, 2.24) is 9.97 Å². The zero-order valence-corrected chi connectivity index (χ0v) is 11.3. The number of H-pyrrole nitrogens is 1. The van der Waals surface area contributed by atoms with Crippen molar-refractivity contribution < 1.29 is 0 Å². The van der Waals surface area contributed by atoms with E-state index in [1.807, 2.05) is 0 Å². The Morgan fingerprint density at radius 1 is 0.944 bits per heavy atom. The first kappa shape index (κ1) is 12.2. The number of aromatic amines is 1. The van der Waals surface area contributed by atoms with Crippen molar-refractivity contribution in [2.75, 3.05) is 0 Å². The zero-order chi connectivity index (χ0) is 12.4. The molecule has 1 saturated carbocycles. The molecule has 3 N–H and O–H groups in total. The van der Waals surface area contributed by atoms with Crippen LogP contribution in [-0.4, -0.2) is 9.97 Å². The third-order valence-electron chi connectivity index (χ3n) is 4.61. The van der Waals surface area contributed by atoms with Gasteiger partial charge in [0.1, 0.15) is 5.82 Å². The molecule has 3 nitrogen and oxygen atoms in total. The molecule has 0 bridgehead atoms. The van der Waals surface area contributed by atoms with E-state index in [1.165, 1.54) is 68.6 Å². The Kier molecular flexibility index (Phi) is 3.69. The average Bonchev–Trinajstić information content (AvgIpc) is 2.73. The highest BCUT2D eigenvalue weighted by Crippen LogP contribution is 2.33. The number of imidazole rings is 1. The van der Waals surface area contributed by atoms with E-state index in [1.54, 1.807) is 0 Å². The fourth-order valence-electron chi connectivity index (χ4n) is 3.50. The van der Waals surface area contributed by atoms with E-state index in [0.717, 1.165) is 12.8 Å². The molecule has 0 aliphatic heterocycles. The Balaban J connectivity index is 1.78. The highest BCUT2D eigenvalue weighted by Gasteiger charge is 2.24. The van der Waals surface area contributed by atoms with Crippen LogP contribution >= 0.6 is 0 Å². The number of rotatable bonds is 1. The summed E-state index contributed by atoms with van der Waals surface area (Å²) in [4.78, 5) is 8.44. The first-order chi connectivity index (χ1) is 8.84. The summed E-state index contributed by atoms with van der Waals surface area (Å²) in [6.07, 6.45) is 13.0. The van der Waals surface area contributed by atoms with Crippen LogP contribution in [0.1, 0.15) is 87.0 Å². The predicted octanol–water partition coefficient (Wildman–Crippen LogP) is 3.57. The van der Waals surface area contributed by atoms with Crippen LogP contribution in [0.5, 0.6) is 0 Å². The van der Waals surface area contributed by atoms with Crippen LogP contribution in [0.4, 0.5) is 0 Å². The molecule has 1 aromatic heterocycles. The van der Waals surface area contributed by atoms with Gasteiger partial charge in [-0.1, -0.05) is 32.1 Å². The van der Waals surface area contributed by atoms with Crippen LogP contribution < -0.4 is 5.73 Å². The number of hydrogen-bond acceptors (Lipinski definition) is 2. The molecule has 0 spiro atoms. The van der Waals surface area contributed by atoms with Gasteiger partial charge >= 0.3 is 0 Å². The third kappa shape index (κ3) is 2.46. The van der Waals surface area contributed by atoms with Gasteiger partial charge in [-0.05, 0) is 32.1 Å². The lowest BCUT2D eigenvalue weighted by Gasteiger charge is -2.17. The molecule has 2 aliphatic carbocycles. The molecule has 0 saturated heterocycles. The van der Waals surface area contributed by atoms with Crippen molar-refractivity contribution in [2.45, 2.75) is 76.2 Å². The normalized spacial score (nSPS) is 26.4. The van der Waals surface area contributed by atoms with Gasteiger partial charge in [0.15, 0.2) is 0 Å². The Morgan fingerprint density at radius 3 is 2.39 bits per heavy atom. The molecule has 1 heterocycles. The van der Waals surface area contributed by atoms with Crippen molar-refractivity contribution in [3.63, 3.8) is 0 Å². The number of fused-ring (bicyclic) bond motifs is 1. The summed E-state index contributed by atoms with van der Waals surface area (Å²) in [5.74, 6) is 1.89. The topological polar surface area (TPSA) is 54.7 Å². The molecule has 100 valence electrons. The Bertz CT molecular complexity index is 388. The van der Waals surface area contributed by atoms with Crippen LogP contribution in [0, 0.1) is 0 Å².